The van der Waals surface area contributed by atoms with Crippen molar-refractivity contribution in [3.05, 3.63) is 0 Å². The van der Waals surface area contributed by atoms with E-state index < -0.39 is 0 Å². The maximum atomic E-state index is 6.10. The lowest BCUT2D eigenvalue weighted by Gasteiger charge is -2.16. The summed E-state index contributed by atoms with van der Waals surface area (Å²) >= 11 is 0. The Morgan fingerprint density at radius 3 is 2.50 bits per heavy atom. The van der Waals surface area contributed by atoms with Gasteiger partial charge in [0.15, 0.2) is 0 Å². The maximum absolute atomic E-state index is 6.10. The predicted octanol–water partition coefficient (Wildman–Crippen LogP) is 2.80. The first-order valence-electron chi connectivity index (χ1n) is 5.40. The molecule has 1 aliphatic rings. The third-order valence-electron chi connectivity index (χ3n) is 3.18. The fourth-order valence-electron chi connectivity index (χ4n) is 2.20. The Kier molecular flexibility index (Phi) is 3.57. The monoisotopic (exact) mass is 169 g/mol. The average molecular weight is 169 g/mol. The molecule has 1 saturated carbocycles. The van der Waals surface area contributed by atoms with Gasteiger partial charge in [0.05, 0.1) is 0 Å². The van der Waals surface area contributed by atoms with Crippen LogP contribution in [0.5, 0.6) is 0 Å². The largest absolute Gasteiger partial charge is 0.327 e. The van der Waals surface area contributed by atoms with Crippen molar-refractivity contribution < 1.29 is 0 Å². The molecule has 2 N–H and O–H groups in total. The van der Waals surface area contributed by atoms with Gasteiger partial charge in [0.25, 0.3) is 0 Å². The minimum absolute atomic E-state index is 0.488. The van der Waals surface area contributed by atoms with Crippen LogP contribution in [0.25, 0.3) is 0 Å². The van der Waals surface area contributed by atoms with E-state index in [0.717, 1.165) is 17.8 Å². The molecular weight excluding hydrogens is 146 g/mol. The van der Waals surface area contributed by atoms with Gasteiger partial charge in [0, 0.05) is 6.04 Å². The van der Waals surface area contributed by atoms with E-state index >= 15 is 0 Å². The number of hydrogen-bond acceptors (Lipinski definition) is 1. The molecule has 0 bridgehead atoms. The van der Waals surface area contributed by atoms with Crippen LogP contribution in [0.2, 0.25) is 0 Å². The van der Waals surface area contributed by atoms with Crippen molar-refractivity contribution in [2.24, 2.45) is 23.5 Å². The van der Waals surface area contributed by atoms with Crippen LogP contribution in [-0.2, 0) is 0 Å². The zero-order valence-electron chi connectivity index (χ0n) is 8.72. The summed E-state index contributed by atoms with van der Waals surface area (Å²) in [6.07, 6.45) is 5.26. The highest BCUT2D eigenvalue weighted by Crippen LogP contribution is 2.41. The van der Waals surface area contributed by atoms with E-state index in [1.54, 1.807) is 0 Å². The first-order chi connectivity index (χ1) is 5.65. The third-order valence-corrected chi connectivity index (χ3v) is 3.18. The van der Waals surface area contributed by atoms with Gasteiger partial charge in [-0.25, -0.2) is 0 Å². The first-order valence-corrected chi connectivity index (χ1v) is 5.40. The zero-order chi connectivity index (χ0) is 9.14. The van der Waals surface area contributed by atoms with E-state index in [-0.39, 0.29) is 0 Å². The van der Waals surface area contributed by atoms with Crippen molar-refractivity contribution in [1.29, 1.82) is 0 Å². The Labute approximate surface area is 76.7 Å². The number of hydrogen-bond donors (Lipinski definition) is 1. The van der Waals surface area contributed by atoms with Gasteiger partial charge in [-0.2, -0.15) is 0 Å². The Hall–Kier alpha value is -0.0400. The van der Waals surface area contributed by atoms with E-state index in [4.69, 9.17) is 5.73 Å². The minimum atomic E-state index is 0.488. The molecule has 72 valence electrons. The second-order valence-electron chi connectivity index (χ2n) is 4.67. The average Bonchev–Trinajstić information content (AvgIpc) is 2.67. The molecule has 4 unspecified atom stereocenters. The van der Waals surface area contributed by atoms with Crippen molar-refractivity contribution in [2.45, 2.75) is 52.5 Å². The molecule has 1 heteroatoms. The molecule has 1 aliphatic carbocycles. The quantitative estimate of drug-likeness (QED) is 0.673. The smallest absolute Gasteiger partial charge is 0.00723 e. The fraction of sp³-hybridized carbons (Fsp3) is 1.00. The molecule has 0 aromatic carbocycles. The highest BCUT2D eigenvalue weighted by Gasteiger charge is 2.37. The van der Waals surface area contributed by atoms with Crippen molar-refractivity contribution in [3.8, 4) is 0 Å². The van der Waals surface area contributed by atoms with Crippen LogP contribution in [0.15, 0.2) is 0 Å². The van der Waals surface area contributed by atoms with Crippen molar-refractivity contribution in [2.75, 3.05) is 0 Å². The molecular formula is C11H23N. The summed E-state index contributed by atoms with van der Waals surface area (Å²) in [5, 5.41) is 0. The van der Waals surface area contributed by atoms with E-state index in [9.17, 15) is 0 Å². The van der Waals surface area contributed by atoms with E-state index in [1.165, 1.54) is 25.7 Å². The standard InChI is InChI=1S/C11H23N/c1-4-5-8(2)6-11(12)10-7-9(10)3/h8-11H,4-7,12H2,1-3H3. The summed E-state index contributed by atoms with van der Waals surface area (Å²) in [6.45, 7) is 6.90. The van der Waals surface area contributed by atoms with Crippen LogP contribution in [0.4, 0.5) is 0 Å². The second kappa shape index (κ2) is 4.27. The Balaban J connectivity index is 2.12. The molecule has 0 heterocycles. The highest BCUT2D eigenvalue weighted by molar-refractivity contribution is 4.91. The molecule has 0 spiro atoms. The maximum Gasteiger partial charge on any atom is 0.00723 e. The number of nitrogens with two attached hydrogens (primary N) is 1. The van der Waals surface area contributed by atoms with E-state index in [0.29, 0.717) is 6.04 Å². The van der Waals surface area contributed by atoms with Crippen LogP contribution >= 0.6 is 0 Å². The summed E-state index contributed by atoms with van der Waals surface area (Å²) in [5.74, 6) is 2.59. The van der Waals surface area contributed by atoms with Crippen LogP contribution < -0.4 is 5.73 Å². The van der Waals surface area contributed by atoms with Crippen molar-refractivity contribution in [1.82, 2.24) is 0 Å². The third kappa shape index (κ3) is 2.78. The molecule has 0 amide bonds. The molecule has 12 heavy (non-hydrogen) atoms. The van der Waals surface area contributed by atoms with Crippen LogP contribution in [0.3, 0.4) is 0 Å². The SMILES string of the molecule is CCCC(C)CC(N)C1CC1C. The molecule has 0 radical (unpaired) electrons. The van der Waals surface area contributed by atoms with Gasteiger partial charge < -0.3 is 5.73 Å². The van der Waals surface area contributed by atoms with Gasteiger partial charge in [-0.15, -0.1) is 0 Å². The van der Waals surface area contributed by atoms with Crippen LogP contribution in [-0.4, -0.2) is 6.04 Å². The molecule has 1 nitrogen and oxygen atoms in total. The summed E-state index contributed by atoms with van der Waals surface area (Å²) in [6, 6.07) is 0.488. The van der Waals surface area contributed by atoms with Gasteiger partial charge in [-0.1, -0.05) is 33.6 Å². The van der Waals surface area contributed by atoms with E-state index in [2.05, 4.69) is 20.8 Å². The topological polar surface area (TPSA) is 26.0 Å². The molecule has 1 fully saturated rings. The lowest BCUT2D eigenvalue weighted by Crippen LogP contribution is -2.25. The Bertz CT molecular complexity index is 133. The number of rotatable bonds is 5. The predicted molar refractivity (Wildman–Crippen MR) is 53.9 cm³/mol. The second-order valence-corrected chi connectivity index (χ2v) is 4.67. The summed E-state index contributed by atoms with van der Waals surface area (Å²) in [7, 11) is 0. The van der Waals surface area contributed by atoms with Crippen molar-refractivity contribution >= 4 is 0 Å². The Morgan fingerprint density at radius 1 is 1.50 bits per heavy atom. The van der Waals surface area contributed by atoms with Gasteiger partial charge in [0.2, 0.25) is 0 Å². The molecule has 0 saturated heterocycles. The van der Waals surface area contributed by atoms with Crippen molar-refractivity contribution in [3.63, 3.8) is 0 Å². The van der Waals surface area contributed by atoms with Gasteiger partial charge in [0.1, 0.15) is 0 Å². The lowest BCUT2D eigenvalue weighted by molar-refractivity contribution is 0.401. The van der Waals surface area contributed by atoms with Gasteiger partial charge >= 0.3 is 0 Å². The zero-order valence-corrected chi connectivity index (χ0v) is 8.72. The van der Waals surface area contributed by atoms with Gasteiger partial charge in [-0.05, 0) is 30.6 Å². The molecule has 0 aromatic heterocycles. The molecule has 1 rings (SSSR count). The summed E-state index contributed by atoms with van der Waals surface area (Å²) in [5.41, 5.74) is 6.10. The molecule has 0 aromatic rings. The molecule has 0 aliphatic heterocycles. The highest BCUT2D eigenvalue weighted by atomic mass is 14.7. The van der Waals surface area contributed by atoms with Crippen LogP contribution in [0.1, 0.15) is 46.5 Å². The van der Waals surface area contributed by atoms with Gasteiger partial charge in [-0.3, -0.25) is 0 Å². The first kappa shape index (κ1) is 10.0. The van der Waals surface area contributed by atoms with E-state index in [1.807, 2.05) is 0 Å². The normalized spacial score (nSPS) is 33.0. The van der Waals surface area contributed by atoms with Crippen LogP contribution in [0, 0.1) is 17.8 Å². The minimum Gasteiger partial charge on any atom is -0.327 e. The Morgan fingerprint density at radius 2 is 2.08 bits per heavy atom. The lowest BCUT2D eigenvalue weighted by atomic mass is 9.95. The summed E-state index contributed by atoms with van der Waals surface area (Å²) < 4.78 is 0. The molecule has 4 atom stereocenters. The summed E-state index contributed by atoms with van der Waals surface area (Å²) in [4.78, 5) is 0. The fourth-order valence-corrected chi connectivity index (χ4v) is 2.20.